The van der Waals surface area contributed by atoms with Crippen LogP contribution in [0.2, 0.25) is 0 Å². The largest absolute Gasteiger partial charge is 0.456 e. The van der Waals surface area contributed by atoms with Gasteiger partial charge in [0, 0.05) is 33.1 Å². The Labute approximate surface area is 246 Å². The molecule has 204 valence electrons. The highest BCUT2D eigenvalue weighted by molar-refractivity contribution is 6.23. The summed E-state index contributed by atoms with van der Waals surface area (Å²) in [6, 6.07) is 48.3. The van der Waals surface area contributed by atoms with Crippen molar-refractivity contribution in [1.29, 1.82) is 0 Å². The van der Waals surface area contributed by atoms with Gasteiger partial charge in [0.1, 0.15) is 11.2 Å². The fourth-order valence-corrected chi connectivity index (χ4v) is 7.05. The number of para-hydroxylation sites is 3. The zero-order valence-electron chi connectivity index (χ0n) is 23.7. The minimum atomic E-state index is 0.688. The molecule has 1 saturated carbocycles. The molecule has 0 aliphatic heterocycles. The van der Waals surface area contributed by atoms with Crippen LogP contribution in [0, 0.1) is 0 Å². The molecule has 1 aliphatic carbocycles. The molecule has 1 heterocycles. The van der Waals surface area contributed by atoms with Crippen LogP contribution < -0.4 is 4.90 Å². The van der Waals surface area contributed by atoms with Gasteiger partial charge in [0.2, 0.25) is 0 Å². The molecule has 0 amide bonds. The lowest BCUT2D eigenvalue weighted by molar-refractivity contribution is 0.443. The minimum absolute atomic E-state index is 0.688. The highest BCUT2D eigenvalue weighted by atomic mass is 16.3. The van der Waals surface area contributed by atoms with Crippen LogP contribution in [-0.4, -0.2) is 0 Å². The van der Waals surface area contributed by atoms with E-state index in [2.05, 4.69) is 132 Å². The average Bonchev–Trinajstić information content (AvgIpc) is 3.45. The van der Waals surface area contributed by atoms with Crippen molar-refractivity contribution >= 4 is 49.8 Å². The van der Waals surface area contributed by atoms with Crippen LogP contribution >= 0.6 is 0 Å². The van der Waals surface area contributed by atoms with E-state index in [1.54, 1.807) is 0 Å². The lowest BCUT2D eigenvalue weighted by Gasteiger charge is -2.29. The Hall–Kier alpha value is -4.82. The van der Waals surface area contributed by atoms with Gasteiger partial charge in [0.25, 0.3) is 0 Å². The van der Waals surface area contributed by atoms with Crippen molar-refractivity contribution in [2.75, 3.05) is 4.90 Å². The van der Waals surface area contributed by atoms with E-state index in [4.69, 9.17) is 4.42 Å². The maximum Gasteiger partial charge on any atom is 0.136 e. The fraction of sp³-hybridized carbons (Fsp3) is 0.150. The maximum atomic E-state index is 6.32. The van der Waals surface area contributed by atoms with Gasteiger partial charge >= 0.3 is 0 Å². The van der Waals surface area contributed by atoms with Gasteiger partial charge in [0.15, 0.2) is 0 Å². The molecular weight excluding hydrogens is 510 g/mol. The van der Waals surface area contributed by atoms with Gasteiger partial charge in [-0.3, -0.25) is 0 Å². The van der Waals surface area contributed by atoms with E-state index in [0.717, 1.165) is 27.9 Å². The molecule has 1 aliphatic rings. The Bertz CT molecular complexity index is 2010. The summed E-state index contributed by atoms with van der Waals surface area (Å²) >= 11 is 0. The SMILES string of the molecule is c1ccc(N(c2ccc(C3CCCCC3)cc2)c2ccccc2-c2cccc3ccc4oc5ccccc5c4c23)cc1. The van der Waals surface area contributed by atoms with Crippen LogP contribution in [0.1, 0.15) is 43.6 Å². The molecule has 0 spiro atoms. The number of anilines is 3. The van der Waals surface area contributed by atoms with Crippen LogP contribution in [0.25, 0.3) is 43.8 Å². The van der Waals surface area contributed by atoms with E-state index in [0.29, 0.717) is 5.92 Å². The standard InChI is InChI=1S/C40H33NO/c1-3-12-28(13-4-1)29-22-25-32(26-23-29)41(31-15-5-2-6-16-31)36-20-9-7-17-33(36)34-19-11-14-30-24-27-38-40(39(30)34)35-18-8-10-21-37(35)42-38/h2,5-11,14-28H,1,3-4,12-13H2. The summed E-state index contributed by atoms with van der Waals surface area (Å²) in [7, 11) is 0. The molecule has 8 rings (SSSR count). The number of hydrogen-bond donors (Lipinski definition) is 0. The summed E-state index contributed by atoms with van der Waals surface area (Å²) in [4.78, 5) is 2.41. The third-order valence-corrected chi connectivity index (χ3v) is 9.06. The van der Waals surface area contributed by atoms with Crippen molar-refractivity contribution in [2.24, 2.45) is 0 Å². The molecule has 7 aromatic rings. The smallest absolute Gasteiger partial charge is 0.136 e. The Morgan fingerprint density at radius 2 is 1.21 bits per heavy atom. The first-order chi connectivity index (χ1) is 20.8. The molecule has 0 radical (unpaired) electrons. The van der Waals surface area contributed by atoms with Gasteiger partial charge < -0.3 is 9.32 Å². The normalized spacial score (nSPS) is 14.1. The Morgan fingerprint density at radius 1 is 0.500 bits per heavy atom. The molecule has 0 unspecified atom stereocenters. The Morgan fingerprint density at radius 3 is 2.07 bits per heavy atom. The predicted molar refractivity (Wildman–Crippen MR) is 177 cm³/mol. The molecule has 2 heteroatoms. The van der Waals surface area contributed by atoms with Crippen LogP contribution in [0.15, 0.2) is 138 Å². The zero-order valence-corrected chi connectivity index (χ0v) is 23.7. The monoisotopic (exact) mass is 543 g/mol. The molecular formula is C40H33NO. The molecule has 42 heavy (non-hydrogen) atoms. The average molecular weight is 544 g/mol. The van der Waals surface area contributed by atoms with E-state index in [1.165, 1.54) is 70.6 Å². The van der Waals surface area contributed by atoms with Crippen LogP contribution in [0.5, 0.6) is 0 Å². The topological polar surface area (TPSA) is 16.4 Å². The fourth-order valence-electron chi connectivity index (χ4n) is 7.05. The van der Waals surface area contributed by atoms with Gasteiger partial charge in [0.05, 0.1) is 5.69 Å². The summed E-state index contributed by atoms with van der Waals surface area (Å²) in [6.45, 7) is 0. The third-order valence-electron chi connectivity index (χ3n) is 9.06. The number of furan rings is 1. The number of benzene rings is 6. The molecule has 0 bridgehead atoms. The molecule has 0 atom stereocenters. The van der Waals surface area contributed by atoms with E-state index in [9.17, 15) is 0 Å². The zero-order chi connectivity index (χ0) is 27.9. The lowest BCUT2D eigenvalue weighted by Crippen LogP contribution is -2.11. The van der Waals surface area contributed by atoms with Crippen LogP contribution in [-0.2, 0) is 0 Å². The summed E-state index contributed by atoms with van der Waals surface area (Å²) in [5.74, 6) is 0.688. The lowest BCUT2D eigenvalue weighted by atomic mass is 9.84. The van der Waals surface area contributed by atoms with Crippen molar-refractivity contribution < 1.29 is 4.42 Å². The number of hydrogen-bond acceptors (Lipinski definition) is 2. The van der Waals surface area contributed by atoms with E-state index in [-0.39, 0.29) is 0 Å². The van der Waals surface area contributed by atoms with E-state index in [1.807, 2.05) is 6.07 Å². The third kappa shape index (κ3) is 4.26. The van der Waals surface area contributed by atoms with Crippen molar-refractivity contribution in [3.05, 3.63) is 139 Å². The van der Waals surface area contributed by atoms with E-state index >= 15 is 0 Å². The number of nitrogens with zero attached hydrogens (tertiary/aromatic N) is 1. The highest BCUT2D eigenvalue weighted by Gasteiger charge is 2.21. The predicted octanol–water partition coefficient (Wildman–Crippen LogP) is 11.9. The van der Waals surface area contributed by atoms with Crippen LogP contribution in [0.3, 0.4) is 0 Å². The van der Waals surface area contributed by atoms with Crippen molar-refractivity contribution in [1.82, 2.24) is 0 Å². The van der Waals surface area contributed by atoms with E-state index < -0.39 is 0 Å². The first-order valence-corrected chi connectivity index (χ1v) is 15.2. The summed E-state index contributed by atoms with van der Waals surface area (Å²) in [5, 5.41) is 4.77. The molecule has 6 aromatic carbocycles. The van der Waals surface area contributed by atoms with Crippen molar-refractivity contribution in [3.8, 4) is 11.1 Å². The van der Waals surface area contributed by atoms with Gasteiger partial charge in [-0.05, 0) is 77.7 Å². The second-order valence-corrected chi connectivity index (χ2v) is 11.6. The van der Waals surface area contributed by atoms with Gasteiger partial charge in [-0.2, -0.15) is 0 Å². The molecule has 2 nitrogen and oxygen atoms in total. The molecule has 0 saturated heterocycles. The molecule has 1 fully saturated rings. The first kappa shape index (κ1) is 24.9. The van der Waals surface area contributed by atoms with Crippen LogP contribution in [0.4, 0.5) is 17.1 Å². The second-order valence-electron chi connectivity index (χ2n) is 11.6. The molecule has 1 aromatic heterocycles. The maximum absolute atomic E-state index is 6.32. The first-order valence-electron chi connectivity index (χ1n) is 15.2. The second kappa shape index (κ2) is 10.5. The minimum Gasteiger partial charge on any atom is -0.456 e. The van der Waals surface area contributed by atoms with Gasteiger partial charge in [-0.15, -0.1) is 0 Å². The summed E-state index contributed by atoms with van der Waals surface area (Å²) in [6.07, 6.45) is 6.69. The Balaban J connectivity index is 1.34. The van der Waals surface area contributed by atoms with Gasteiger partial charge in [-0.1, -0.05) is 110 Å². The van der Waals surface area contributed by atoms with Gasteiger partial charge in [-0.25, -0.2) is 0 Å². The summed E-state index contributed by atoms with van der Waals surface area (Å²) < 4.78 is 6.32. The number of rotatable bonds is 5. The highest BCUT2D eigenvalue weighted by Crippen LogP contribution is 2.45. The quantitative estimate of drug-likeness (QED) is 0.215. The number of fused-ring (bicyclic) bond motifs is 5. The van der Waals surface area contributed by atoms with Crippen molar-refractivity contribution in [2.45, 2.75) is 38.0 Å². The summed E-state index contributed by atoms with van der Waals surface area (Å²) in [5.41, 5.74) is 9.20. The molecule has 0 N–H and O–H groups in total. The Kier molecular flexibility index (Phi) is 6.26. The van der Waals surface area contributed by atoms with Crippen molar-refractivity contribution in [3.63, 3.8) is 0 Å².